The first-order chi connectivity index (χ1) is 8.56. The van der Waals surface area contributed by atoms with E-state index >= 15 is 0 Å². The Kier molecular flexibility index (Phi) is 3.59. The number of aromatic nitrogens is 1. The molecular weight excluding hydrogens is 234 g/mol. The quantitative estimate of drug-likeness (QED) is 0.718. The molecular formula is C12H15N3O3. The van der Waals surface area contributed by atoms with Gasteiger partial charge in [0.05, 0.1) is 0 Å². The van der Waals surface area contributed by atoms with E-state index in [2.05, 4.69) is 10.3 Å². The first-order valence-electron chi connectivity index (χ1n) is 5.61. The Morgan fingerprint density at radius 3 is 3.11 bits per heavy atom. The zero-order valence-electron chi connectivity index (χ0n) is 10.0. The van der Waals surface area contributed by atoms with E-state index in [1.807, 2.05) is 18.2 Å². The molecule has 2 aromatic rings. The van der Waals surface area contributed by atoms with E-state index in [4.69, 9.17) is 15.3 Å². The molecule has 0 radical (unpaired) electrons. The highest BCUT2D eigenvalue weighted by atomic mass is 16.4. The SMILES string of the molecule is Cc1nc2ccc(CNCC(N)C(=O)O)cc2o1. The molecule has 0 amide bonds. The molecule has 1 unspecified atom stereocenters. The van der Waals surface area contributed by atoms with Crippen molar-refractivity contribution in [1.82, 2.24) is 10.3 Å². The molecule has 0 aliphatic carbocycles. The molecule has 4 N–H and O–H groups in total. The highest BCUT2D eigenvalue weighted by molar-refractivity contribution is 5.74. The number of oxazole rings is 1. The summed E-state index contributed by atoms with van der Waals surface area (Å²) in [6.07, 6.45) is 0. The zero-order valence-corrected chi connectivity index (χ0v) is 10.0. The van der Waals surface area contributed by atoms with Crippen LogP contribution in [0.3, 0.4) is 0 Å². The Morgan fingerprint density at radius 2 is 2.39 bits per heavy atom. The Balaban J connectivity index is 1.97. The van der Waals surface area contributed by atoms with Crippen molar-refractivity contribution in [3.8, 4) is 0 Å². The molecule has 1 heterocycles. The summed E-state index contributed by atoms with van der Waals surface area (Å²) in [5, 5.41) is 11.6. The molecule has 0 fully saturated rings. The van der Waals surface area contributed by atoms with Crippen LogP contribution in [-0.2, 0) is 11.3 Å². The number of benzene rings is 1. The lowest BCUT2D eigenvalue weighted by molar-refractivity contribution is -0.138. The van der Waals surface area contributed by atoms with Crippen LogP contribution in [0.2, 0.25) is 0 Å². The van der Waals surface area contributed by atoms with Gasteiger partial charge in [0, 0.05) is 20.0 Å². The van der Waals surface area contributed by atoms with Crippen LogP contribution in [0.25, 0.3) is 11.1 Å². The number of nitrogens with two attached hydrogens (primary N) is 1. The maximum atomic E-state index is 10.5. The first kappa shape index (κ1) is 12.5. The number of aliphatic carboxylic acids is 1. The Labute approximate surface area is 104 Å². The van der Waals surface area contributed by atoms with Crippen molar-refractivity contribution in [2.24, 2.45) is 5.73 Å². The van der Waals surface area contributed by atoms with Gasteiger partial charge in [-0.1, -0.05) is 6.07 Å². The lowest BCUT2D eigenvalue weighted by atomic mass is 10.2. The minimum Gasteiger partial charge on any atom is -0.480 e. The van der Waals surface area contributed by atoms with E-state index in [1.165, 1.54) is 0 Å². The van der Waals surface area contributed by atoms with Gasteiger partial charge in [0.25, 0.3) is 0 Å². The van der Waals surface area contributed by atoms with Crippen LogP contribution >= 0.6 is 0 Å². The summed E-state index contributed by atoms with van der Waals surface area (Å²) in [5.41, 5.74) is 7.93. The maximum absolute atomic E-state index is 10.5. The zero-order chi connectivity index (χ0) is 13.1. The van der Waals surface area contributed by atoms with E-state index in [9.17, 15) is 4.79 Å². The number of carbonyl (C=O) groups is 1. The Hall–Kier alpha value is -1.92. The van der Waals surface area contributed by atoms with Crippen LogP contribution in [0.15, 0.2) is 22.6 Å². The molecule has 0 spiro atoms. The van der Waals surface area contributed by atoms with Gasteiger partial charge in [0.15, 0.2) is 11.5 Å². The fourth-order valence-electron chi connectivity index (χ4n) is 1.65. The van der Waals surface area contributed by atoms with Gasteiger partial charge in [-0.25, -0.2) is 4.98 Å². The second kappa shape index (κ2) is 5.16. The molecule has 6 heteroatoms. The summed E-state index contributed by atoms with van der Waals surface area (Å²) in [6.45, 7) is 2.56. The van der Waals surface area contributed by atoms with Crippen LogP contribution < -0.4 is 11.1 Å². The van der Waals surface area contributed by atoms with E-state index in [-0.39, 0.29) is 6.54 Å². The third-order valence-corrected chi connectivity index (χ3v) is 2.57. The monoisotopic (exact) mass is 249 g/mol. The molecule has 96 valence electrons. The first-order valence-corrected chi connectivity index (χ1v) is 5.61. The lowest BCUT2D eigenvalue weighted by Gasteiger charge is -2.08. The summed E-state index contributed by atoms with van der Waals surface area (Å²) < 4.78 is 5.42. The van der Waals surface area contributed by atoms with E-state index in [0.717, 1.165) is 16.7 Å². The average Bonchev–Trinajstić information content (AvgIpc) is 2.68. The molecule has 6 nitrogen and oxygen atoms in total. The minimum atomic E-state index is -1.01. The molecule has 0 bridgehead atoms. The van der Waals surface area contributed by atoms with Crippen molar-refractivity contribution >= 4 is 17.1 Å². The fourth-order valence-corrected chi connectivity index (χ4v) is 1.65. The molecule has 0 aliphatic rings. The summed E-state index contributed by atoms with van der Waals surface area (Å²) in [6, 6.07) is 4.79. The number of nitrogens with zero attached hydrogens (tertiary/aromatic N) is 1. The van der Waals surface area contributed by atoms with Crippen molar-refractivity contribution in [3.63, 3.8) is 0 Å². The highest BCUT2D eigenvalue weighted by Gasteiger charge is 2.10. The van der Waals surface area contributed by atoms with Crippen molar-refractivity contribution in [2.75, 3.05) is 6.54 Å². The third-order valence-electron chi connectivity index (χ3n) is 2.57. The molecule has 1 atom stereocenters. The summed E-state index contributed by atoms with van der Waals surface area (Å²) in [5.74, 6) is -0.383. The predicted octanol–water partition coefficient (Wildman–Crippen LogP) is 0.638. The predicted molar refractivity (Wildman–Crippen MR) is 66.1 cm³/mol. The van der Waals surface area contributed by atoms with Crippen molar-refractivity contribution in [1.29, 1.82) is 0 Å². The molecule has 0 saturated heterocycles. The van der Waals surface area contributed by atoms with Gasteiger partial charge in [-0.05, 0) is 17.7 Å². The van der Waals surface area contributed by atoms with Gasteiger partial charge in [-0.3, -0.25) is 4.79 Å². The van der Waals surface area contributed by atoms with Gasteiger partial charge >= 0.3 is 5.97 Å². The maximum Gasteiger partial charge on any atom is 0.321 e. The van der Waals surface area contributed by atoms with Crippen molar-refractivity contribution in [3.05, 3.63) is 29.7 Å². The third kappa shape index (κ3) is 2.85. The van der Waals surface area contributed by atoms with Gasteiger partial charge in [-0.2, -0.15) is 0 Å². The van der Waals surface area contributed by atoms with E-state index in [1.54, 1.807) is 6.92 Å². The van der Waals surface area contributed by atoms with E-state index < -0.39 is 12.0 Å². The molecule has 0 aliphatic heterocycles. The van der Waals surface area contributed by atoms with Crippen molar-refractivity contribution < 1.29 is 14.3 Å². The lowest BCUT2D eigenvalue weighted by Crippen LogP contribution is -2.40. The number of carboxylic acids is 1. The Morgan fingerprint density at radius 1 is 1.61 bits per heavy atom. The van der Waals surface area contributed by atoms with Crippen LogP contribution in [0.5, 0.6) is 0 Å². The summed E-state index contributed by atoms with van der Waals surface area (Å²) in [7, 11) is 0. The Bertz CT molecular complexity index is 565. The van der Waals surface area contributed by atoms with Crippen LogP contribution in [-0.4, -0.2) is 28.6 Å². The average molecular weight is 249 g/mol. The van der Waals surface area contributed by atoms with Crippen LogP contribution in [0.4, 0.5) is 0 Å². The highest BCUT2D eigenvalue weighted by Crippen LogP contribution is 2.16. The summed E-state index contributed by atoms with van der Waals surface area (Å²) in [4.78, 5) is 14.7. The smallest absolute Gasteiger partial charge is 0.321 e. The normalized spacial score (nSPS) is 12.8. The minimum absolute atomic E-state index is 0.225. The van der Waals surface area contributed by atoms with E-state index in [0.29, 0.717) is 12.4 Å². The molecule has 1 aromatic heterocycles. The molecule has 1 aromatic carbocycles. The van der Waals surface area contributed by atoms with Crippen LogP contribution in [0, 0.1) is 6.92 Å². The van der Waals surface area contributed by atoms with Gasteiger partial charge in [0.1, 0.15) is 11.6 Å². The van der Waals surface area contributed by atoms with Gasteiger partial charge < -0.3 is 20.6 Å². The second-order valence-electron chi connectivity index (χ2n) is 4.11. The number of carboxylic acid groups (broad SMARTS) is 1. The second-order valence-corrected chi connectivity index (χ2v) is 4.11. The number of fused-ring (bicyclic) bond motifs is 1. The molecule has 0 saturated carbocycles. The standard InChI is InChI=1S/C12H15N3O3/c1-7-15-10-3-2-8(4-11(10)18-7)5-14-6-9(13)12(16)17/h2-4,9,14H,5-6,13H2,1H3,(H,16,17). The van der Waals surface area contributed by atoms with Crippen LogP contribution in [0.1, 0.15) is 11.5 Å². The number of hydrogen-bond donors (Lipinski definition) is 3. The fraction of sp³-hybridized carbons (Fsp3) is 0.333. The molecule has 2 rings (SSSR count). The topological polar surface area (TPSA) is 101 Å². The van der Waals surface area contributed by atoms with Gasteiger partial charge in [0.2, 0.25) is 0 Å². The summed E-state index contributed by atoms with van der Waals surface area (Å²) >= 11 is 0. The number of aryl methyl sites for hydroxylation is 1. The van der Waals surface area contributed by atoms with Gasteiger partial charge in [-0.15, -0.1) is 0 Å². The largest absolute Gasteiger partial charge is 0.480 e. The van der Waals surface area contributed by atoms with Crippen molar-refractivity contribution in [2.45, 2.75) is 19.5 Å². The number of rotatable bonds is 5. The number of hydrogen-bond acceptors (Lipinski definition) is 5. The number of nitrogens with one attached hydrogen (secondary N) is 1. The molecule has 18 heavy (non-hydrogen) atoms.